The number of carbonyl (C=O) groups excluding carboxylic acids is 1. The standard InChI is InChI=1S/C25H40O6/c1-13-11-24(10-9-17-18(22(17,5)6)15(3)19(24)27)25(28,20(13)30-16(4)26)21-14(2)12-29-23(7,8)31-21/h13,15,17-21,27-28H,2,9-12H2,1,3-8H3. The first-order valence-electron chi connectivity index (χ1n) is 11.8. The van der Waals surface area contributed by atoms with E-state index in [1.807, 2.05) is 20.8 Å². The maximum absolute atomic E-state index is 12.6. The first-order valence-corrected chi connectivity index (χ1v) is 11.8. The highest BCUT2D eigenvalue weighted by atomic mass is 16.7. The molecule has 0 aromatic rings. The maximum atomic E-state index is 12.6. The van der Waals surface area contributed by atoms with Crippen LogP contribution < -0.4 is 0 Å². The topological polar surface area (TPSA) is 85.2 Å². The highest BCUT2D eigenvalue weighted by molar-refractivity contribution is 5.66. The van der Waals surface area contributed by atoms with E-state index < -0.39 is 41.1 Å². The summed E-state index contributed by atoms with van der Waals surface area (Å²) in [6.45, 7) is 18.0. The van der Waals surface area contributed by atoms with Gasteiger partial charge in [-0.3, -0.25) is 4.79 Å². The van der Waals surface area contributed by atoms with E-state index in [4.69, 9.17) is 14.2 Å². The highest BCUT2D eigenvalue weighted by Crippen LogP contribution is 2.71. The number of aliphatic hydroxyl groups excluding tert-OH is 1. The van der Waals surface area contributed by atoms with Crippen molar-refractivity contribution in [3.05, 3.63) is 12.2 Å². The Kier molecular flexibility index (Phi) is 5.26. The second-order valence-electron chi connectivity index (χ2n) is 11.8. The van der Waals surface area contributed by atoms with Crippen LogP contribution in [-0.4, -0.2) is 52.5 Å². The summed E-state index contributed by atoms with van der Waals surface area (Å²) in [6.07, 6.45) is -0.156. The fraction of sp³-hybridized carbons (Fsp3) is 0.880. The predicted molar refractivity (Wildman–Crippen MR) is 116 cm³/mol. The maximum Gasteiger partial charge on any atom is 0.303 e. The third-order valence-electron chi connectivity index (χ3n) is 9.18. The summed E-state index contributed by atoms with van der Waals surface area (Å²) in [5.41, 5.74) is -1.62. The molecular formula is C25H40O6. The van der Waals surface area contributed by atoms with Crippen molar-refractivity contribution in [2.24, 2.45) is 34.5 Å². The van der Waals surface area contributed by atoms with Gasteiger partial charge >= 0.3 is 5.97 Å². The van der Waals surface area contributed by atoms with Crippen LogP contribution in [0.4, 0.5) is 0 Å². The third kappa shape index (κ3) is 3.16. The Morgan fingerprint density at radius 3 is 2.48 bits per heavy atom. The zero-order valence-electron chi connectivity index (χ0n) is 20.1. The van der Waals surface area contributed by atoms with Crippen LogP contribution >= 0.6 is 0 Å². The van der Waals surface area contributed by atoms with Crippen molar-refractivity contribution < 1.29 is 29.2 Å². The summed E-state index contributed by atoms with van der Waals surface area (Å²) in [7, 11) is 0. The molecule has 3 aliphatic carbocycles. The minimum Gasteiger partial charge on any atom is -0.459 e. The molecule has 0 amide bonds. The van der Waals surface area contributed by atoms with Gasteiger partial charge in [0.2, 0.25) is 0 Å². The van der Waals surface area contributed by atoms with Gasteiger partial charge < -0.3 is 24.4 Å². The number of hydrogen-bond donors (Lipinski definition) is 2. The second kappa shape index (κ2) is 7.02. The van der Waals surface area contributed by atoms with E-state index in [1.165, 1.54) is 6.92 Å². The molecule has 1 aliphatic heterocycles. The van der Waals surface area contributed by atoms with Crippen molar-refractivity contribution in [3.8, 4) is 0 Å². The molecule has 9 unspecified atom stereocenters. The van der Waals surface area contributed by atoms with Crippen LogP contribution in [-0.2, 0) is 19.0 Å². The molecule has 9 atom stereocenters. The van der Waals surface area contributed by atoms with Crippen LogP contribution in [0.3, 0.4) is 0 Å². The molecule has 0 aromatic carbocycles. The Hall–Kier alpha value is -0.950. The zero-order valence-corrected chi connectivity index (χ0v) is 20.1. The lowest BCUT2D eigenvalue weighted by molar-refractivity contribution is -0.315. The van der Waals surface area contributed by atoms with E-state index in [1.54, 1.807) is 0 Å². The van der Waals surface area contributed by atoms with E-state index in [2.05, 4.69) is 27.4 Å². The molecule has 3 saturated carbocycles. The van der Waals surface area contributed by atoms with E-state index in [0.717, 1.165) is 6.42 Å². The van der Waals surface area contributed by atoms with Crippen LogP contribution in [0.15, 0.2) is 12.2 Å². The Morgan fingerprint density at radius 1 is 1.23 bits per heavy atom. The van der Waals surface area contributed by atoms with Crippen molar-refractivity contribution in [3.63, 3.8) is 0 Å². The molecular weight excluding hydrogens is 396 g/mol. The SMILES string of the molecule is C=C1COC(C)(C)OC1C1(O)C(OC(C)=O)C(C)CC12CCC1C(C(C)C2O)C1(C)C. The fourth-order valence-corrected chi connectivity index (χ4v) is 7.80. The summed E-state index contributed by atoms with van der Waals surface area (Å²) in [6, 6.07) is 0. The Morgan fingerprint density at radius 2 is 1.87 bits per heavy atom. The Bertz CT molecular complexity index is 774. The van der Waals surface area contributed by atoms with Gasteiger partial charge in [-0.15, -0.1) is 0 Å². The first-order chi connectivity index (χ1) is 14.2. The molecule has 1 saturated heterocycles. The summed E-state index contributed by atoms with van der Waals surface area (Å²) in [5.74, 6) is -0.507. The molecule has 1 heterocycles. The molecule has 4 aliphatic rings. The van der Waals surface area contributed by atoms with Gasteiger partial charge in [-0.1, -0.05) is 34.3 Å². The highest BCUT2D eigenvalue weighted by Gasteiger charge is 2.75. The van der Waals surface area contributed by atoms with Crippen molar-refractivity contribution in [2.75, 3.05) is 6.61 Å². The van der Waals surface area contributed by atoms with Gasteiger partial charge in [-0.05, 0) is 67.8 Å². The summed E-state index contributed by atoms with van der Waals surface area (Å²) in [4.78, 5) is 12.1. The summed E-state index contributed by atoms with van der Waals surface area (Å²) < 4.78 is 17.8. The molecule has 6 nitrogen and oxygen atoms in total. The van der Waals surface area contributed by atoms with Gasteiger partial charge in [0, 0.05) is 12.3 Å². The van der Waals surface area contributed by atoms with Gasteiger partial charge in [-0.2, -0.15) is 0 Å². The largest absolute Gasteiger partial charge is 0.459 e. The molecule has 4 fully saturated rings. The number of aliphatic hydroxyl groups is 2. The smallest absolute Gasteiger partial charge is 0.303 e. The molecule has 2 N–H and O–H groups in total. The summed E-state index contributed by atoms with van der Waals surface area (Å²) in [5, 5.41) is 24.5. The molecule has 0 radical (unpaired) electrons. The lowest BCUT2D eigenvalue weighted by Gasteiger charge is -2.54. The van der Waals surface area contributed by atoms with Crippen molar-refractivity contribution >= 4 is 5.97 Å². The number of ether oxygens (including phenoxy) is 3. The Balaban J connectivity index is 1.82. The normalized spacial score (nSPS) is 50.6. The average molecular weight is 437 g/mol. The van der Waals surface area contributed by atoms with Crippen LogP contribution in [0.2, 0.25) is 0 Å². The van der Waals surface area contributed by atoms with E-state index in [-0.39, 0.29) is 23.9 Å². The number of hydrogen-bond acceptors (Lipinski definition) is 6. The van der Waals surface area contributed by atoms with Gasteiger partial charge in [0.05, 0.1) is 12.7 Å². The minimum atomic E-state index is -1.59. The third-order valence-corrected chi connectivity index (χ3v) is 9.18. The van der Waals surface area contributed by atoms with Crippen molar-refractivity contribution in [1.29, 1.82) is 0 Å². The molecule has 31 heavy (non-hydrogen) atoms. The molecule has 4 rings (SSSR count). The predicted octanol–water partition coefficient (Wildman–Crippen LogP) is 3.45. The zero-order chi connectivity index (χ0) is 23.1. The van der Waals surface area contributed by atoms with Gasteiger partial charge in [-0.25, -0.2) is 0 Å². The van der Waals surface area contributed by atoms with E-state index in [9.17, 15) is 15.0 Å². The van der Waals surface area contributed by atoms with Gasteiger partial charge in [0.25, 0.3) is 0 Å². The quantitative estimate of drug-likeness (QED) is 0.509. The summed E-state index contributed by atoms with van der Waals surface area (Å²) >= 11 is 0. The van der Waals surface area contributed by atoms with Gasteiger partial charge in [0.15, 0.2) is 5.79 Å². The number of rotatable bonds is 2. The second-order valence-corrected chi connectivity index (χ2v) is 11.8. The lowest BCUT2D eigenvalue weighted by Crippen LogP contribution is -2.68. The average Bonchev–Trinajstić information content (AvgIpc) is 3.18. The fourth-order valence-electron chi connectivity index (χ4n) is 7.80. The number of esters is 1. The number of carbonyl (C=O) groups is 1. The minimum absolute atomic E-state index is 0.0263. The van der Waals surface area contributed by atoms with Crippen LogP contribution in [0.5, 0.6) is 0 Å². The first kappa shape index (κ1) is 23.2. The van der Waals surface area contributed by atoms with Crippen molar-refractivity contribution in [2.45, 2.75) is 97.4 Å². The van der Waals surface area contributed by atoms with Gasteiger partial charge in [0.1, 0.15) is 17.8 Å². The Labute approximate surface area is 186 Å². The van der Waals surface area contributed by atoms with Crippen LogP contribution in [0.1, 0.15) is 67.7 Å². The van der Waals surface area contributed by atoms with E-state index in [0.29, 0.717) is 30.3 Å². The monoisotopic (exact) mass is 436 g/mol. The van der Waals surface area contributed by atoms with E-state index >= 15 is 0 Å². The van der Waals surface area contributed by atoms with Crippen LogP contribution in [0.25, 0.3) is 0 Å². The molecule has 176 valence electrons. The van der Waals surface area contributed by atoms with Crippen molar-refractivity contribution in [1.82, 2.24) is 0 Å². The van der Waals surface area contributed by atoms with Crippen LogP contribution in [0, 0.1) is 34.5 Å². The molecule has 6 heteroatoms. The lowest BCUT2D eigenvalue weighted by atomic mass is 9.60. The molecule has 1 spiro atoms. The molecule has 0 aromatic heterocycles. The molecule has 0 bridgehead atoms. The number of fused-ring (bicyclic) bond motifs is 1.